The highest BCUT2D eigenvalue weighted by atomic mass is 16.5. The SMILES string of the molecule is CC1(c2nc(C3CCCO3)no2)COCC1N. The van der Waals surface area contributed by atoms with Gasteiger partial charge >= 0.3 is 0 Å². The van der Waals surface area contributed by atoms with Crippen molar-refractivity contribution in [3.05, 3.63) is 11.7 Å². The second-order valence-corrected chi connectivity index (χ2v) is 5.00. The van der Waals surface area contributed by atoms with E-state index >= 15 is 0 Å². The topological polar surface area (TPSA) is 83.4 Å². The van der Waals surface area contributed by atoms with Crippen molar-refractivity contribution in [3.63, 3.8) is 0 Å². The monoisotopic (exact) mass is 239 g/mol. The van der Waals surface area contributed by atoms with E-state index < -0.39 is 0 Å². The van der Waals surface area contributed by atoms with Crippen LogP contribution in [0.2, 0.25) is 0 Å². The van der Waals surface area contributed by atoms with Gasteiger partial charge in [0.1, 0.15) is 6.10 Å². The van der Waals surface area contributed by atoms with Gasteiger partial charge in [0, 0.05) is 12.6 Å². The number of hydrogen-bond donors (Lipinski definition) is 1. The van der Waals surface area contributed by atoms with Crippen LogP contribution in [-0.2, 0) is 14.9 Å². The normalized spacial score (nSPS) is 37.8. The molecule has 2 N–H and O–H groups in total. The molecule has 2 saturated heterocycles. The lowest BCUT2D eigenvalue weighted by Gasteiger charge is -2.21. The largest absolute Gasteiger partial charge is 0.379 e. The smallest absolute Gasteiger partial charge is 0.236 e. The molecule has 3 unspecified atom stereocenters. The molecule has 0 spiro atoms. The molecular formula is C11H17N3O3. The summed E-state index contributed by atoms with van der Waals surface area (Å²) in [6, 6.07) is -0.0969. The molecular weight excluding hydrogens is 222 g/mol. The minimum absolute atomic E-state index is 0.0188. The van der Waals surface area contributed by atoms with Crippen molar-refractivity contribution >= 4 is 0 Å². The first-order valence-corrected chi connectivity index (χ1v) is 5.99. The molecule has 1 aromatic rings. The molecule has 6 nitrogen and oxygen atoms in total. The Balaban J connectivity index is 1.84. The second kappa shape index (κ2) is 4.04. The van der Waals surface area contributed by atoms with E-state index in [1.165, 1.54) is 0 Å². The summed E-state index contributed by atoms with van der Waals surface area (Å²) in [4.78, 5) is 4.43. The zero-order valence-corrected chi connectivity index (χ0v) is 9.89. The molecule has 2 fully saturated rings. The maximum atomic E-state index is 6.02. The first kappa shape index (κ1) is 11.1. The fourth-order valence-corrected chi connectivity index (χ4v) is 2.29. The van der Waals surface area contributed by atoms with Crippen molar-refractivity contribution in [1.29, 1.82) is 0 Å². The van der Waals surface area contributed by atoms with Crippen LogP contribution in [0.4, 0.5) is 0 Å². The molecule has 94 valence electrons. The van der Waals surface area contributed by atoms with Crippen molar-refractivity contribution in [1.82, 2.24) is 10.1 Å². The van der Waals surface area contributed by atoms with Crippen LogP contribution in [0.1, 0.15) is 37.6 Å². The van der Waals surface area contributed by atoms with E-state index in [1.54, 1.807) is 0 Å². The quantitative estimate of drug-likeness (QED) is 0.810. The van der Waals surface area contributed by atoms with E-state index in [0.29, 0.717) is 24.9 Å². The molecule has 2 aliphatic heterocycles. The van der Waals surface area contributed by atoms with Gasteiger partial charge < -0.3 is 19.7 Å². The third-order valence-corrected chi connectivity index (χ3v) is 3.67. The molecule has 2 aliphatic rings. The van der Waals surface area contributed by atoms with E-state index in [1.807, 2.05) is 6.92 Å². The van der Waals surface area contributed by atoms with Gasteiger partial charge in [0.05, 0.1) is 18.6 Å². The van der Waals surface area contributed by atoms with Gasteiger partial charge in [-0.15, -0.1) is 0 Å². The number of nitrogens with zero attached hydrogens (tertiary/aromatic N) is 2. The fraction of sp³-hybridized carbons (Fsp3) is 0.818. The van der Waals surface area contributed by atoms with Gasteiger partial charge in [-0.05, 0) is 19.8 Å². The van der Waals surface area contributed by atoms with Gasteiger partial charge in [0.2, 0.25) is 11.7 Å². The highest BCUT2D eigenvalue weighted by Crippen LogP contribution is 2.33. The average Bonchev–Trinajstić information content (AvgIpc) is 3.01. The molecule has 0 aliphatic carbocycles. The van der Waals surface area contributed by atoms with Crippen LogP contribution in [-0.4, -0.2) is 36.0 Å². The number of nitrogens with two attached hydrogens (primary N) is 1. The molecule has 6 heteroatoms. The van der Waals surface area contributed by atoms with E-state index in [4.69, 9.17) is 19.7 Å². The van der Waals surface area contributed by atoms with Gasteiger partial charge in [-0.1, -0.05) is 5.16 Å². The van der Waals surface area contributed by atoms with E-state index in [9.17, 15) is 0 Å². The van der Waals surface area contributed by atoms with E-state index in [-0.39, 0.29) is 17.6 Å². The first-order valence-electron chi connectivity index (χ1n) is 5.99. The highest BCUT2D eigenvalue weighted by Gasteiger charge is 2.44. The lowest BCUT2D eigenvalue weighted by Crippen LogP contribution is -2.42. The molecule has 3 heterocycles. The lowest BCUT2D eigenvalue weighted by molar-refractivity contribution is 0.103. The molecule has 3 rings (SSSR count). The average molecular weight is 239 g/mol. The Bertz CT molecular complexity index is 402. The van der Waals surface area contributed by atoms with Crippen LogP contribution in [0.3, 0.4) is 0 Å². The number of aromatic nitrogens is 2. The summed E-state index contributed by atoms with van der Waals surface area (Å²) < 4.78 is 16.2. The molecule has 0 bridgehead atoms. The van der Waals surface area contributed by atoms with Crippen LogP contribution in [0.5, 0.6) is 0 Å². The molecule has 0 amide bonds. The first-order chi connectivity index (χ1) is 8.20. The van der Waals surface area contributed by atoms with Gasteiger partial charge in [-0.25, -0.2) is 0 Å². The number of ether oxygens (including phenoxy) is 2. The number of rotatable bonds is 2. The Hall–Kier alpha value is -0.980. The zero-order chi connectivity index (χ0) is 11.9. The summed E-state index contributed by atoms with van der Waals surface area (Å²) in [7, 11) is 0. The van der Waals surface area contributed by atoms with Crippen LogP contribution >= 0.6 is 0 Å². The minimum atomic E-state index is -0.371. The highest BCUT2D eigenvalue weighted by molar-refractivity contribution is 5.12. The minimum Gasteiger partial charge on any atom is -0.379 e. The fourth-order valence-electron chi connectivity index (χ4n) is 2.29. The molecule has 17 heavy (non-hydrogen) atoms. The van der Waals surface area contributed by atoms with Crippen molar-refractivity contribution in [3.8, 4) is 0 Å². The predicted molar refractivity (Wildman–Crippen MR) is 58.4 cm³/mol. The lowest BCUT2D eigenvalue weighted by atomic mass is 9.86. The standard InChI is InChI=1S/C11H17N3O3/c1-11(6-15-5-8(11)12)10-13-9(14-17-10)7-3-2-4-16-7/h7-8H,2-6,12H2,1H3. The Kier molecular flexibility index (Phi) is 2.65. The van der Waals surface area contributed by atoms with Gasteiger partial charge in [0.15, 0.2) is 0 Å². The van der Waals surface area contributed by atoms with Crippen molar-refractivity contribution in [2.24, 2.45) is 5.73 Å². The summed E-state index contributed by atoms with van der Waals surface area (Å²) >= 11 is 0. The molecule has 0 saturated carbocycles. The van der Waals surface area contributed by atoms with Crippen LogP contribution in [0, 0.1) is 0 Å². The molecule has 0 aromatic carbocycles. The molecule has 3 atom stereocenters. The second-order valence-electron chi connectivity index (χ2n) is 5.00. The Morgan fingerprint density at radius 1 is 1.47 bits per heavy atom. The van der Waals surface area contributed by atoms with E-state index in [2.05, 4.69) is 10.1 Å². The third-order valence-electron chi connectivity index (χ3n) is 3.67. The van der Waals surface area contributed by atoms with Gasteiger partial charge in [-0.2, -0.15) is 4.98 Å². The van der Waals surface area contributed by atoms with Crippen molar-refractivity contribution in [2.75, 3.05) is 19.8 Å². The van der Waals surface area contributed by atoms with Crippen molar-refractivity contribution < 1.29 is 14.0 Å². The third kappa shape index (κ3) is 1.76. The van der Waals surface area contributed by atoms with Crippen LogP contribution in [0.15, 0.2) is 4.52 Å². The Labute approximate surface area is 99.5 Å². The van der Waals surface area contributed by atoms with E-state index in [0.717, 1.165) is 19.4 Å². The molecule has 1 aromatic heterocycles. The Morgan fingerprint density at radius 3 is 3.00 bits per heavy atom. The summed E-state index contributed by atoms with van der Waals surface area (Å²) in [5.41, 5.74) is 5.65. The summed E-state index contributed by atoms with van der Waals surface area (Å²) in [6.45, 7) is 3.83. The summed E-state index contributed by atoms with van der Waals surface area (Å²) in [6.07, 6.45) is 1.99. The van der Waals surface area contributed by atoms with Gasteiger partial charge in [-0.3, -0.25) is 0 Å². The van der Waals surface area contributed by atoms with Crippen LogP contribution < -0.4 is 5.73 Å². The predicted octanol–water partition coefficient (Wildman–Crippen LogP) is 0.536. The zero-order valence-electron chi connectivity index (χ0n) is 9.89. The van der Waals surface area contributed by atoms with Crippen LogP contribution in [0.25, 0.3) is 0 Å². The Morgan fingerprint density at radius 2 is 2.35 bits per heavy atom. The number of hydrogen-bond acceptors (Lipinski definition) is 6. The summed E-state index contributed by atoms with van der Waals surface area (Å²) in [5.74, 6) is 1.20. The maximum Gasteiger partial charge on any atom is 0.236 e. The van der Waals surface area contributed by atoms with Gasteiger partial charge in [0.25, 0.3) is 0 Å². The summed E-state index contributed by atoms with van der Waals surface area (Å²) in [5, 5.41) is 4.00. The molecule has 0 radical (unpaired) electrons. The van der Waals surface area contributed by atoms with Crippen molar-refractivity contribution in [2.45, 2.75) is 37.3 Å². The maximum absolute atomic E-state index is 6.02.